The van der Waals surface area contributed by atoms with Gasteiger partial charge in [-0.3, -0.25) is 4.79 Å². The van der Waals surface area contributed by atoms with Gasteiger partial charge in [-0.05, 0) is 25.7 Å². The molecular formula is C12H20N2O. The molecule has 1 heterocycles. The lowest BCUT2D eigenvalue weighted by Gasteiger charge is -2.21. The smallest absolute Gasteiger partial charge is 0.222 e. The highest BCUT2D eigenvalue weighted by molar-refractivity contribution is 5.76. The molecule has 1 aliphatic heterocycles. The van der Waals surface area contributed by atoms with Crippen molar-refractivity contribution in [3.63, 3.8) is 0 Å². The van der Waals surface area contributed by atoms with Gasteiger partial charge in [0, 0.05) is 19.5 Å². The van der Waals surface area contributed by atoms with Crippen LogP contribution < -0.4 is 0 Å². The molecule has 15 heavy (non-hydrogen) atoms. The molecule has 0 aromatic heterocycles. The van der Waals surface area contributed by atoms with Crippen LogP contribution >= 0.6 is 0 Å². The number of carbonyl (C=O) groups excluding carboxylic acids is 1. The Morgan fingerprint density at radius 1 is 1.60 bits per heavy atom. The van der Waals surface area contributed by atoms with Gasteiger partial charge in [0.15, 0.2) is 0 Å². The van der Waals surface area contributed by atoms with Gasteiger partial charge in [-0.2, -0.15) is 5.26 Å². The van der Waals surface area contributed by atoms with Crippen molar-refractivity contribution in [2.24, 2.45) is 11.8 Å². The summed E-state index contributed by atoms with van der Waals surface area (Å²) in [5, 5.41) is 8.73. The molecule has 0 spiro atoms. The molecule has 0 bridgehead atoms. The van der Waals surface area contributed by atoms with Crippen LogP contribution in [-0.2, 0) is 4.79 Å². The lowest BCUT2D eigenvalue weighted by atomic mass is 9.98. The topological polar surface area (TPSA) is 44.1 Å². The number of hydrogen-bond acceptors (Lipinski definition) is 2. The summed E-state index contributed by atoms with van der Waals surface area (Å²) in [5.74, 6) is 0.872. The second-order valence-electron chi connectivity index (χ2n) is 4.47. The Labute approximate surface area is 92.1 Å². The van der Waals surface area contributed by atoms with E-state index in [1.807, 2.05) is 11.8 Å². The first kappa shape index (κ1) is 12.0. The third-order valence-electron chi connectivity index (χ3n) is 3.22. The summed E-state index contributed by atoms with van der Waals surface area (Å²) in [6, 6.07) is 2.18. The summed E-state index contributed by atoms with van der Waals surface area (Å²) in [5.41, 5.74) is 0. The second kappa shape index (κ2) is 5.75. The van der Waals surface area contributed by atoms with Crippen LogP contribution in [0, 0.1) is 23.2 Å². The zero-order chi connectivity index (χ0) is 11.3. The maximum absolute atomic E-state index is 11.7. The zero-order valence-corrected chi connectivity index (χ0v) is 9.70. The van der Waals surface area contributed by atoms with E-state index in [9.17, 15) is 4.79 Å². The van der Waals surface area contributed by atoms with Crippen molar-refractivity contribution >= 4 is 5.91 Å². The molecule has 1 amide bonds. The summed E-state index contributed by atoms with van der Waals surface area (Å²) < 4.78 is 0. The van der Waals surface area contributed by atoms with E-state index in [2.05, 4.69) is 13.0 Å². The molecule has 0 aromatic carbocycles. The summed E-state index contributed by atoms with van der Waals surface area (Å²) >= 11 is 0. The number of nitrogens with zero attached hydrogens (tertiary/aromatic N) is 2. The molecule has 1 rings (SSSR count). The van der Waals surface area contributed by atoms with E-state index >= 15 is 0 Å². The van der Waals surface area contributed by atoms with Crippen LogP contribution in [0.1, 0.15) is 39.5 Å². The molecule has 3 heteroatoms. The van der Waals surface area contributed by atoms with Gasteiger partial charge in [0.2, 0.25) is 5.91 Å². The predicted molar refractivity (Wildman–Crippen MR) is 59.0 cm³/mol. The van der Waals surface area contributed by atoms with Crippen LogP contribution in [0.4, 0.5) is 0 Å². The summed E-state index contributed by atoms with van der Waals surface area (Å²) in [4.78, 5) is 13.6. The summed E-state index contributed by atoms with van der Waals surface area (Å²) in [6.07, 6.45) is 3.94. The Morgan fingerprint density at radius 2 is 2.33 bits per heavy atom. The van der Waals surface area contributed by atoms with Crippen molar-refractivity contribution in [1.82, 2.24) is 4.90 Å². The first-order valence-electron chi connectivity index (χ1n) is 5.84. The first-order valence-corrected chi connectivity index (χ1v) is 5.84. The van der Waals surface area contributed by atoms with Crippen LogP contribution in [-0.4, -0.2) is 23.9 Å². The van der Waals surface area contributed by atoms with Crippen LogP contribution in [0.25, 0.3) is 0 Å². The van der Waals surface area contributed by atoms with E-state index in [1.165, 1.54) is 0 Å². The zero-order valence-electron chi connectivity index (χ0n) is 9.70. The minimum Gasteiger partial charge on any atom is -0.341 e. The second-order valence-corrected chi connectivity index (χ2v) is 4.47. The highest BCUT2D eigenvalue weighted by Gasteiger charge is 2.22. The maximum Gasteiger partial charge on any atom is 0.222 e. The fourth-order valence-electron chi connectivity index (χ4n) is 2.07. The molecule has 1 saturated heterocycles. The van der Waals surface area contributed by atoms with E-state index in [1.54, 1.807) is 0 Å². The average Bonchev–Trinajstić information content (AvgIpc) is 2.42. The Hall–Kier alpha value is -1.04. The van der Waals surface area contributed by atoms with E-state index < -0.39 is 0 Å². The van der Waals surface area contributed by atoms with E-state index in [0.29, 0.717) is 18.9 Å². The van der Waals surface area contributed by atoms with Crippen molar-refractivity contribution in [2.45, 2.75) is 39.5 Å². The molecule has 84 valence electrons. The van der Waals surface area contributed by atoms with Crippen molar-refractivity contribution in [2.75, 3.05) is 13.1 Å². The monoisotopic (exact) mass is 208 g/mol. The molecule has 0 N–H and O–H groups in total. The van der Waals surface area contributed by atoms with Crippen LogP contribution in [0.15, 0.2) is 0 Å². The molecule has 2 atom stereocenters. The van der Waals surface area contributed by atoms with Crippen molar-refractivity contribution in [3.8, 4) is 6.07 Å². The average molecular weight is 208 g/mol. The molecule has 1 fully saturated rings. The van der Waals surface area contributed by atoms with Gasteiger partial charge in [0.1, 0.15) is 0 Å². The number of carbonyl (C=O) groups is 1. The van der Waals surface area contributed by atoms with Crippen LogP contribution in [0.2, 0.25) is 0 Å². The third-order valence-corrected chi connectivity index (χ3v) is 3.22. The molecule has 2 unspecified atom stereocenters. The SMILES string of the molecule is CCC1CCC(=O)N(CC(C)C#N)CC1. The number of nitriles is 1. The van der Waals surface area contributed by atoms with Gasteiger partial charge < -0.3 is 4.90 Å². The van der Waals surface area contributed by atoms with Crippen LogP contribution in [0.5, 0.6) is 0 Å². The maximum atomic E-state index is 11.7. The van der Waals surface area contributed by atoms with Gasteiger partial charge in [0.05, 0.1) is 12.0 Å². The lowest BCUT2D eigenvalue weighted by molar-refractivity contribution is -0.131. The standard InChI is InChI=1S/C12H20N2O/c1-3-11-4-5-12(15)14(7-6-11)9-10(2)8-13/h10-11H,3-7,9H2,1-2H3. The molecule has 0 aliphatic carbocycles. The number of likely N-dealkylation sites (tertiary alicyclic amines) is 1. The van der Waals surface area contributed by atoms with E-state index in [-0.39, 0.29) is 11.8 Å². The molecule has 0 saturated carbocycles. The van der Waals surface area contributed by atoms with Gasteiger partial charge in [-0.1, -0.05) is 13.3 Å². The summed E-state index contributed by atoms with van der Waals surface area (Å²) in [7, 11) is 0. The van der Waals surface area contributed by atoms with E-state index in [0.717, 1.165) is 25.8 Å². The lowest BCUT2D eigenvalue weighted by Crippen LogP contribution is -2.33. The van der Waals surface area contributed by atoms with Crippen LogP contribution in [0.3, 0.4) is 0 Å². The minimum atomic E-state index is -0.0490. The largest absolute Gasteiger partial charge is 0.341 e. The number of hydrogen-bond donors (Lipinski definition) is 0. The fraction of sp³-hybridized carbons (Fsp3) is 0.833. The highest BCUT2D eigenvalue weighted by atomic mass is 16.2. The van der Waals surface area contributed by atoms with Gasteiger partial charge in [0.25, 0.3) is 0 Å². The third kappa shape index (κ3) is 3.54. The van der Waals surface area contributed by atoms with Gasteiger partial charge in [-0.25, -0.2) is 0 Å². The fourth-order valence-corrected chi connectivity index (χ4v) is 2.07. The predicted octanol–water partition coefficient (Wildman–Crippen LogP) is 2.18. The van der Waals surface area contributed by atoms with Crippen molar-refractivity contribution < 1.29 is 4.79 Å². The quantitative estimate of drug-likeness (QED) is 0.713. The molecule has 3 nitrogen and oxygen atoms in total. The van der Waals surface area contributed by atoms with Crippen molar-refractivity contribution in [3.05, 3.63) is 0 Å². The Balaban J connectivity index is 2.50. The Kier molecular flexibility index (Phi) is 4.61. The molecular weight excluding hydrogens is 188 g/mol. The Bertz CT molecular complexity index is 257. The molecule has 0 aromatic rings. The minimum absolute atomic E-state index is 0.0490. The normalized spacial score (nSPS) is 24.5. The van der Waals surface area contributed by atoms with Gasteiger partial charge >= 0.3 is 0 Å². The number of amides is 1. The molecule has 0 radical (unpaired) electrons. The van der Waals surface area contributed by atoms with Crippen molar-refractivity contribution in [1.29, 1.82) is 5.26 Å². The Morgan fingerprint density at radius 3 is 2.93 bits per heavy atom. The van der Waals surface area contributed by atoms with E-state index in [4.69, 9.17) is 5.26 Å². The number of rotatable bonds is 3. The highest BCUT2D eigenvalue weighted by Crippen LogP contribution is 2.21. The summed E-state index contributed by atoms with van der Waals surface area (Å²) in [6.45, 7) is 5.49. The first-order chi connectivity index (χ1) is 7.17. The van der Waals surface area contributed by atoms with Gasteiger partial charge in [-0.15, -0.1) is 0 Å². The molecule has 1 aliphatic rings.